The molecule has 0 aliphatic rings. The maximum absolute atomic E-state index is 10.7. The molecule has 0 radical (unpaired) electrons. The highest BCUT2D eigenvalue weighted by molar-refractivity contribution is 7.30. The van der Waals surface area contributed by atoms with Gasteiger partial charge in [0.25, 0.3) is 6.47 Å². The predicted octanol–water partition coefficient (Wildman–Crippen LogP) is 16.2. The van der Waals surface area contributed by atoms with Crippen molar-refractivity contribution in [2.24, 2.45) is 0 Å². The van der Waals surface area contributed by atoms with E-state index in [4.69, 9.17) is 11.3 Å². The molecule has 5 aromatic heterocycles. The van der Waals surface area contributed by atoms with Crippen molar-refractivity contribution in [3.05, 3.63) is 147 Å². The average Bonchev–Trinajstić information content (AvgIpc) is 4.08. The van der Waals surface area contributed by atoms with Gasteiger partial charge in [0, 0.05) is 71.2 Å². The number of hydrogen-bond donors (Lipinski definition) is 0. The van der Waals surface area contributed by atoms with E-state index >= 15 is 0 Å². The zero-order valence-corrected chi connectivity index (χ0v) is 35.9. The minimum absolute atomic E-state index is 0.0232. The summed E-state index contributed by atoms with van der Waals surface area (Å²) in [7, 11) is 0. The first kappa shape index (κ1) is 39.2. The number of thiophene rings is 5. The number of fused-ring (bicyclic) bond motifs is 2. The van der Waals surface area contributed by atoms with Crippen LogP contribution in [-0.2, 0) is 16.0 Å². The van der Waals surface area contributed by atoms with Gasteiger partial charge < -0.3 is 9.64 Å². The van der Waals surface area contributed by atoms with Gasteiger partial charge in [-0.15, -0.1) is 56.7 Å². The number of nitrogens with zero attached hydrogens (tertiary/aromatic N) is 3. The molecule has 0 fully saturated rings. The molecule has 0 bridgehead atoms. The molecule has 0 unspecified atom stereocenters. The van der Waals surface area contributed by atoms with E-state index in [0.29, 0.717) is 5.70 Å². The Balaban J connectivity index is 1.08. The van der Waals surface area contributed by atoms with Gasteiger partial charge in [0.1, 0.15) is 6.07 Å². The number of hydrogen-bond acceptors (Lipinski definition) is 9. The van der Waals surface area contributed by atoms with E-state index in [1.54, 1.807) is 51.4 Å². The normalized spacial score (nSPS) is 11.9. The van der Waals surface area contributed by atoms with Gasteiger partial charge in [-0.2, -0.15) is 5.26 Å². The zero-order chi connectivity index (χ0) is 40.0. The van der Waals surface area contributed by atoms with Gasteiger partial charge >= 0.3 is 0 Å². The van der Waals surface area contributed by atoms with Crippen LogP contribution in [0.3, 0.4) is 0 Å². The molecule has 0 aliphatic carbocycles. The molecule has 0 saturated carbocycles. The topological polar surface area (TPSA) is 57.7 Å². The summed E-state index contributed by atoms with van der Waals surface area (Å²) in [5.41, 5.74) is 7.45. The first-order valence-electron chi connectivity index (χ1n) is 19.0. The van der Waals surface area contributed by atoms with E-state index in [1.807, 2.05) is 36.5 Å². The van der Waals surface area contributed by atoms with Gasteiger partial charge in [0.2, 0.25) is 5.76 Å². The summed E-state index contributed by atoms with van der Waals surface area (Å²) in [5, 5.41) is 9.25. The second-order valence-electron chi connectivity index (χ2n) is 13.8. The summed E-state index contributed by atoms with van der Waals surface area (Å²) in [6.07, 6.45) is 9.80. The summed E-state index contributed by atoms with van der Waals surface area (Å²) in [5.74, 6) is -0.0232. The van der Waals surface area contributed by atoms with Crippen LogP contribution in [0.25, 0.3) is 67.1 Å². The van der Waals surface area contributed by atoms with Crippen molar-refractivity contribution in [3.8, 4) is 37.4 Å². The number of ether oxygens (including phenoxy) is 1. The van der Waals surface area contributed by atoms with E-state index in [0.717, 1.165) is 53.1 Å². The number of nitriles is 1. The molecule has 0 amide bonds. The lowest BCUT2D eigenvalue weighted by molar-refractivity contribution is -0.124. The van der Waals surface area contributed by atoms with Gasteiger partial charge in [0.15, 0.2) is 5.70 Å². The number of unbranched alkanes of at least 4 members (excludes halogenated alkanes) is 3. The maximum Gasteiger partial charge on any atom is 0.299 e. The van der Waals surface area contributed by atoms with Crippen molar-refractivity contribution in [1.29, 1.82) is 5.26 Å². The lowest BCUT2D eigenvalue weighted by Crippen LogP contribution is -2.09. The Bertz CT molecular complexity index is 2790. The van der Waals surface area contributed by atoms with Crippen LogP contribution in [0.5, 0.6) is 0 Å². The van der Waals surface area contributed by atoms with Crippen LogP contribution >= 0.6 is 56.7 Å². The molecular formula is C48H37N3O2S5. The first-order chi connectivity index (χ1) is 28.4. The van der Waals surface area contributed by atoms with Crippen LogP contribution in [-0.4, -0.2) is 6.47 Å². The molecule has 0 aliphatic heterocycles. The molecule has 0 spiro atoms. The third-order valence-corrected chi connectivity index (χ3v) is 15.5. The number of allylic oxidation sites excluding steroid dienone is 2. The van der Waals surface area contributed by atoms with Crippen molar-refractivity contribution < 1.29 is 9.53 Å². The first-order valence-corrected chi connectivity index (χ1v) is 23.0. The predicted molar refractivity (Wildman–Crippen MR) is 251 cm³/mol. The van der Waals surface area contributed by atoms with Crippen LogP contribution in [0.2, 0.25) is 0 Å². The lowest BCUT2D eigenvalue weighted by Gasteiger charge is -2.26. The Morgan fingerprint density at radius 3 is 1.67 bits per heavy atom. The number of benzene rings is 3. The van der Waals surface area contributed by atoms with Crippen molar-refractivity contribution in [2.45, 2.75) is 46.0 Å². The Hall–Kier alpha value is -5.59. The molecule has 286 valence electrons. The summed E-state index contributed by atoms with van der Waals surface area (Å²) in [4.78, 5) is 23.7. The number of rotatable bonds is 15. The number of aryl methyl sites for hydroxylation is 1. The highest BCUT2D eigenvalue weighted by atomic mass is 32.1. The second kappa shape index (κ2) is 17.9. The molecule has 5 nitrogen and oxygen atoms in total. The van der Waals surface area contributed by atoms with E-state index in [1.165, 1.54) is 60.8 Å². The third kappa shape index (κ3) is 8.78. The summed E-state index contributed by atoms with van der Waals surface area (Å²) in [6.45, 7) is 11.7. The SMILES string of the molecule is [C-]#[N+]/C(C)=C\c1cc2sc(-c3ccc(N(c4ccc(-c5ccc(CCCCCC)s5)cc4)c4ccc(-c5cc6sc(/C=C(\C#N)OC=O)cc6s5)cc4)cc3)cc2s1. The van der Waals surface area contributed by atoms with Gasteiger partial charge in [-0.25, -0.2) is 4.85 Å². The fraction of sp³-hybridized carbons (Fsp3) is 0.146. The van der Waals surface area contributed by atoms with Crippen LogP contribution in [0.15, 0.2) is 121 Å². The van der Waals surface area contributed by atoms with E-state index < -0.39 is 0 Å². The highest BCUT2D eigenvalue weighted by Crippen LogP contribution is 2.43. The molecule has 8 rings (SSSR count). The Morgan fingerprint density at radius 2 is 1.19 bits per heavy atom. The van der Waals surface area contributed by atoms with E-state index in [9.17, 15) is 10.1 Å². The molecular weight excluding hydrogens is 811 g/mol. The zero-order valence-electron chi connectivity index (χ0n) is 31.9. The van der Waals surface area contributed by atoms with Crippen molar-refractivity contribution in [1.82, 2.24) is 0 Å². The van der Waals surface area contributed by atoms with Gasteiger partial charge in [-0.05, 0) is 115 Å². The molecule has 3 aromatic carbocycles. The maximum atomic E-state index is 10.7. The molecule has 5 heterocycles. The molecule has 10 heteroatoms. The van der Waals surface area contributed by atoms with E-state index in [-0.39, 0.29) is 12.2 Å². The number of carbonyl (C=O) groups excluding carboxylic acids is 1. The standard InChI is InChI=1S/C48H37N3O2S5/c1-4-5-6-7-8-39-21-22-42(54-39)32-9-15-35(16-10-32)51(36-17-11-33(12-18-36)43-27-47-45(57-43)25-40(55-47)23-31(2)50-3)37-19-13-34(14-20-37)44-28-48-46(58-44)26-41(56-48)24-38(29-49)53-30-52/h9-28,30H,4-8H2,1-2H3/b31-23-,38-24+. The number of anilines is 3. The van der Waals surface area contributed by atoms with Crippen molar-refractivity contribution in [3.63, 3.8) is 0 Å². The van der Waals surface area contributed by atoms with Crippen LogP contribution < -0.4 is 4.90 Å². The molecule has 58 heavy (non-hydrogen) atoms. The minimum atomic E-state index is -0.0232. The lowest BCUT2D eigenvalue weighted by atomic mass is 10.1. The number of carbonyl (C=O) groups is 1. The fourth-order valence-electron chi connectivity index (χ4n) is 6.81. The van der Waals surface area contributed by atoms with Gasteiger partial charge in [-0.3, -0.25) is 4.79 Å². The Morgan fingerprint density at radius 1 is 0.672 bits per heavy atom. The van der Waals surface area contributed by atoms with Gasteiger partial charge in [0.05, 0.1) is 6.57 Å². The molecule has 0 N–H and O–H groups in total. The Labute approximate surface area is 358 Å². The molecule has 0 saturated heterocycles. The summed E-state index contributed by atoms with van der Waals surface area (Å²) < 4.78 is 9.49. The smallest absolute Gasteiger partial charge is 0.299 e. The van der Waals surface area contributed by atoms with Crippen molar-refractivity contribution in [2.75, 3.05) is 4.90 Å². The molecule has 8 aromatic rings. The van der Waals surface area contributed by atoms with Crippen LogP contribution in [0, 0.1) is 17.9 Å². The van der Waals surface area contributed by atoms with Crippen LogP contribution in [0.1, 0.15) is 54.2 Å². The fourth-order valence-corrected chi connectivity index (χ4v) is 12.6. The van der Waals surface area contributed by atoms with Crippen LogP contribution in [0.4, 0.5) is 17.1 Å². The quantitative estimate of drug-likeness (QED) is 0.0339. The van der Waals surface area contributed by atoms with E-state index in [2.05, 4.69) is 120 Å². The largest absolute Gasteiger partial charge is 0.417 e. The molecule has 0 atom stereocenters. The Kier molecular flexibility index (Phi) is 12.1. The minimum Gasteiger partial charge on any atom is -0.417 e. The average molecular weight is 848 g/mol. The summed E-state index contributed by atoms with van der Waals surface area (Å²) >= 11 is 8.69. The second-order valence-corrected chi connectivity index (χ2v) is 19.3. The monoisotopic (exact) mass is 847 g/mol. The van der Waals surface area contributed by atoms with Gasteiger partial charge in [-0.1, -0.05) is 62.6 Å². The highest BCUT2D eigenvalue weighted by Gasteiger charge is 2.16. The summed E-state index contributed by atoms with van der Waals surface area (Å²) in [6, 6.07) is 41.6. The third-order valence-electron chi connectivity index (χ3n) is 9.71. The van der Waals surface area contributed by atoms with Crippen molar-refractivity contribution >= 4 is 111 Å².